The van der Waals surface area contributed by atoms with E-state index in [1.54, 1.807) is 20.2 Å². The number of phenols is 1. The lowest BCUT2D eigenvalue weighted by Gasteiger charge is -2.52. The number of nitrogens with two attached hydrogens (primary N) is 1. The van der Waals surface area contributed by atoms with Crippen molar-refractivity contribution in [2.24, 2.45) is 29.4 Å². The van der Waals surface area contributed by atoms with E-state index in [-0.39, 0.29) is 24.2 Å². The van der Waals surface area contributed by atoms with Crippen molar-refractivity contribution in [3.63, 3.8) is 0 Å². The molecule has 35 heavy (non-hydrogen) atoms. The molecule has 0 saturated heterocycles. The molecule has 0 aromatic heterocycles. The number of hydrogen-bond donors (Lipinski definition) is 3. The van der Waals surface area contributed by atoms with Crippen LogP contribution < -0.4 is 5.73 Å². The summed E-state index contributed by atoms with van der Waals surface area (Å²) in [6, 6.07) is 1.84. The van der Waals surface area contributed by atoms with Gasteiger partial charge in [-0.25, -0.2) is 0 Å². The zero-order valence-corrected chi connectivity index (χ0v) is 19.8. The Labute approximate surface area is 202 Å². The molecular formula is C26H28N2O7. The van der Waals surface area contributed by atoms with Crippen molar-refractivity contribution in [3.8, 4) is 17.6 Å². The fourth-order valence-electron chi connectivity index (χ4n) is 6.00. The van der Waals surface area contributed by atoms with E-state index in [2.05, 4.69) is 11.8 Å². The molecule has 0 aliphatic heterocycles. The average Bonchev–Trinajstić information content (AvgIpc) is 2.77. The number of carbonyl (C=O) groups is 5. The number of ketones is 4. The quantitative estimate of drug-likeness (QED) is 0.404. The Balaban J connectivity index is 1.86. The van der Waals surface area contributed by atoms with Crippen LogP contribution in [0.4, 0.5) is 0 Å². The standard InChI is InChI=1S/C26H28N2O7/c1-4-5-6-7-12-8-9-16(29)18-14(12)10-13-11-15-20(28(2)3)22(31)19(25(27)34)24(33)26(15,35)23(32)17(13)21(18)30/h8-9,13,15,17,19-20,29,35H,4-5,10-11H2,1-3H3,(H2,27,34). The van der Waals surface area contributed by atoms with Gasteiger partial charge in [0.05, 0.1) is 17.5 Å². The molecule has 9 heteroatoms. The van der Waals surface area contributed by atoms with Gasteiger partial charge in [-0.15, -0.1) is 0 Å². The van der Waals surface area contributed by atoms with Crippen LogP contribution in [-0.2, 0) is 25.6 Å². The summed E-state index contributed by atoms with van der Waals surface area (Å²) in [5.41, 5.74) is 3.64. The van der Waals surface area contributed by atoms with E-state index >= 15 is 0 Å². The van der Waals surface area contributed by atoms with Gasteiger partial charge in [-0.3, -0.25) is 28.9 Å². The maximum Gasteiger partial charge on any atom is 0.235 e. The Morgan fingerprint density at radius 1 is 1.20 bits per heavy atom. The van der Waals surface area contributed by atoms with Gasteiger partial charge in [-0.05, 0) is 57.0 Å². The normalized spacial score (nSPS) is 31.9. The molecule has 0 spiro atoms. The predicted octanol–water partition coefficient (Wildman–Crippen LogP) is 0.0186. The molecule has 4 rings (SSSR count). The first-order valence-corrected chi connectivity index (χ1v) is 11.6. The van der Waals surface area contributed by atoms with Gasteiger partial charge in [0.1, 0.15) is 5.75 Å². The lowest BCUT2D eigenvalue weighted by molar-refractivity contribution is -0.181. The third kappa shape index (κ3) is 3.51. The summed E-state index contributed by atoms with van der Waals surface area (Å²) < 4.78 is 0. The summed E-state index contributed by atoms with van der Waals surface area (Å²) in [5.74, 6) is -4.43. The van der Waals surface area contributed by atoms with Crippen molar-refractivity contribution in [1.82, 2.24) is 4.90 Å². The number of likely N-dealkylation sites (N-methyl/N-ethyl adjacent to an activating group) is 1. The number of fused-ring (bicyclic) bond motifs is 3. The summed E-state index contributed by atoms with van der Waals surface area (Å²) in [6.45, 7) is 1.99. The molecule has 1 aromatic rings. The van der Waals surface area contributed by atoms with Gasteiger partial charge in [0.15, 0.2) is 34.7 Å². The van der Waals surface area contributed by atoms with E-state index in [1.807, 2.05) is 6.92 Å². The molecule has 0 bridgehead atoms. The topological polar surface area (TPSA) is 155 Å². The molecule has 0 radical (unpaired) electrons. The summed E-state index contributed by atoms with van der Waals surface area (Å²) in [6.07, 6.45) is 1.72. The molecule has 6 unspecified atom stereocenters. The Morgan fingerprint density at radius 3 is 2.49 bits per heavy atom. The lowest BCUT2D eigenvalue weighted by atomic mass is 9.52. The van der Waals surface area contributed by atoms with Gasteiger partial charge in [0, 0.05) is 17.9 Å². The highest BCUT2D eigenvalue weighted by molar-refractivity contribution is 6.32. The van der Waals surface area contributed by atoms with Crippen LogP contribution in [0.5, 0.6) is 5.75 Å². The van der Waals surface area contributed by atoms with Crippen LogP contribution in [0.25, 0.3) is 0 Å². The molecular weight excluding hydrogens is 452 g/mol. The summed E-state index contributed by atoms with van der Waals surface area (Å²) >= 11 is 0. The molecule has 4 N–H and O–H groups in total. The number of aromatic hydroxyl groups is 1. The van der Waals surface area contributed by atoms with Crippen molar-refractivity contribution in [3.05, 3.63) is 28.8 Å². The van der Waals surface area contributed by atoms with Crippen LogP contribution in [0.15, 0.2) is 12.1 Å². The number of primary amides is 1. The largest absolute Gasteiger partial charge is 0.507 e. The third-order valence-electron chi connectivity index (χ3n) is 7.54. The fourth-order valence-corrected chi connectivity index (χ4v) is 6.00. The SMILES string of the molecule is CCCC#Cc1ccc(O)c2c1CC1CC3C(N(C)C)C(=O)C(C(N)=O)C(=O)C3(O)C(=O)C1C2=O. The van der Waals surface area contributed by atoms with Crippen LogP contribution in [0.3, 0.4) is 0 Å². The highest BCUT2D eigenvalue weighted by Crippen LogP contribution is 2.50. The van der Waals surface area contributed by atoms with Gasteiger partial charge in [0.2, 0.25) is 5.91 Å². The van der Waals surface area contributed by atoms with Crippen LogP contribution in [0, 0.1) is 35.5 Å². The molecule has 2 fully saturated rings. The minimum absolute atomic E-state index is 0.0153. The minimum Gasteiger partial charge on any atom is -0.507 e. The van der Waals surface area contributed by atoms with E-state index in [9.17, 15) is 34.2 Å². The number of Topliss-reactive ketones (excluding diaryl/α,β-unsaturated/α-hetero) is 4. The summed E-state index contributed by atoms with van der Waals surface area (Å²) in [4.78, 5) is 67.0. The van der Waals surface area contributed by atoms with Gasteiger partial charge >= 0.3 is 0 Å². The van der Waals surface area contributed by atoms with E-state index in [0.29, 0.717) is 17.5 Å². The number of unbranched alkanes of at least 4 members (excludes halogenated alkanes) is 1. The highest BCUT2D eigenvalue weighted by atomic mass is 16.3. The molecule has 9 nitrogen and oxygen atoms in total. The second-order valence-electron chi connectivity index (χ2n) is 9.83. The van der Waals surface area contributed by atoms with E-state index < -0.39 is 64.4 Å². The van der Waals surface area contributed by atoms with Crippen molar-refractivity contribution in [2.75, 3.05) is 14.1 Å². The number of hydrogen-bond acceptors (Lipinski definition) is 8. The number of benzene rings is 1. The van der Waals surface area contributed by atoms with Crippen LogP contribution >= 0.6 is 0 Å². The second-order valence-corrected chi connectivity index (χ2v) is 9.83. The Hall–Kier alpha value is -3.35. The molecule has 0 heterocycles. The summed E-state index contributed by atoms with van der Waals surface area (Å²) in [5, 5.41) is 22.0. The smallest absolute Gasteiger partial charge is 0.235 e. The zero-order chi connectivity index (χ0) is 25.8. The highest BCUT2D eigenvalue weighted by Gasteiger charge is 2.69. The lowest BCUT2D eigenvalue weighted by Crippen LogP contribution is -2.74. The first-order valence-electron chi connectivity index (χ1n) is 11.6. The van der Waals surface area contributed by atoms with Gasteiger partial charge in [-0.2, -0.15) is 0 Å². The number of amides is 1. The van der Waals surface area contributed by atoms with Crippen LogP contribution in [0.1, 0.15) is 47.7 Å². The average molecular weight is 481 g/mol. The Kier molecular flexibility index (Phi) is 6.16. The van der Waals surface area contributed by atoms with E-state index in [4.69, 9.17) is 5.73 Å². The Morgan fingerprint density at radius 2 is 1.89 bits per heavy atom. The number of aliphatic hydroxyl groups is 1. The molecule has 3 aliphatic carbocycles. The number of carbonyl (C=O) groups excluding carboxylic acids is 5. The molecule has 3 aliphatic rings. The van der Waals surface area contributed by atoms with Crippen LogP contribution in [-0.4, -0.2) is 69.9 Å². The molecule has 6 atom stereocenters. The molecule has 184 valence electrons. The molecule has 2 saturated carbocycles. The first-order chi connectivity index (χ1) is 16.5. The predicted molar refractivity (Wildman–Crippen MR) is 123 cm³/mol. The number of rotatable bonds is 3. The van der Waals surface area contributed by atoms with Crippen molar-refractivity contribution >= 4 is 29.0 Å². The van der Waals surface area contributed by atoms with Gasteiger partial charge in [-0.1, -0.05) is 18.8 Å². The number of phenolic OH excluding ortho intramolecular Hbond substituents is 1. The maximum absolute atomic E-state index is 13.7. The third-order valence-corrected chi connectivity index (χ3v) is 7.54. The maximum atomic E-state index is 13.7. The summed E-state index contributed by atoms with van der Waals surface area (Å²) in [7, 11) is 3.10. The first kappa shape index (κ1) is 24.8. The van der Waals surface area contributed by atoms with Gasteiger partial charge < -0.3 is 15.9 Å². The molecule has 1 aromatic carbocycles. The fraction of sp³-hybridized carbons (Fsp3) is 0.500. The van der Waals surface area contributed by atoms with Crippen molar-refractivity contribution in [1.29, 1.82) is 0 Å². The van der Waals surface area contributed by atoms with Crippen molar-refractivity contribution < 1.29 is 34.2 Å². The molecule has 1 amide bonds. The Bertz CT molecular complexity index is 1220. The number of nitrogens with zero attached hydrogens (tertiary/aromatic N) is 1. The van der Waals surface area contributed by atoms with Crippen molar-refractivity contribution in [2.45, 2.75) is 44.2 Å². The van der Waals surface area contributed by atoms with E-state index in [0.717, 1.165) is 6.42 Å². The zero-order valence-electron chi connectivity index (χ0n) is 19.8. The van der Waals surface area contributed by atoms with E-state index in [1.165, 1.54) is 11.0 Å². The van der Waals surface area contributed by atoms with Gasteiger partial charge in [0.25, 0.3) is 0 Å². The second kappa shape index (κ2) is 8.70. The monoisotopic (exact) mass is 480 g/mol. The minimum atomic E-state index is -2.72. The van der Waals surface area contributed by atoms with Crippen LogP contribution in [0.2, 0.25) is 0 Å².